The summed E-state index contributed by atoms with van der Waals surface area (Å²) >= 11 is 0. The van der Waals surface area contributed by atoms with Crippen molar-refractivity contribution in [2.24, 2.45) is 0 Å². The van der Waals surface area contributed by atoms with Crippen LogP contribution >= 0.6 is 16.5 Å². The van der Waals surface area contributed by atoms with E-state index in [-0.39, 0.29) is 26.8 Å². The number of hydrogen-bond acceptors (Lipinski definition) is 4. The van der Waals surface area contributed by atoms with E-state index in [1.807, 2.05) is 0 Å². The van der Waals surface area contributed by atoms with Crippen LogP contribution in [0.15, 0.2) is 60.7 Å². The summed E-state index contributed by atoms with van der Waals surface area (Å²) in [5, 5.41) is 2.84. The molecule has 0 bridgehead atoms. The van der Waals surface area contributed by atoms with Gasteiger partial charge in [0.1, 0.15) is 0 Å². The first-order valence-electron chi connectivity index (χ1n) is 9.60. The van der Waals surface area contributed by atoms with Gasteiger partial charge in [-0.25, -0.2) is 8.42 Å². The molecule has 3 atom stereocenters. The molecule has 0 radical (unpaired) electrons. The molecule has 2 rings (SSSR count). The van der Waals surface area contributed by atoms with E-state index >= 15 is 0 Å². The minimum Gasteiger partial charge on any atom is -0.726 e. The predicted octanol–water partition coefficient (Wildman–Crippen LogP) is 1.23. The van der Waals surface area contributed by atoms with Gasteiger partial charge in [0.2, 0.25) is 10.4 Å². The molecule has 0 saturated carbocycles. The quantitative estimate of drug-likeness (QED) is 0.162. The minimum absolute atomic E-state index is 0. The van der Waals surface area contributed by atoms with Gasteiger partial charge < -0.3 is 4.55 Å². The topological polar surface area (TPSA) is 66.4 Å². The zero-order valence-corrected chi connectivity index (χ0v) is 20.2. The fourth-order valence-corrected chi connectivity index (χ4v) is 7.44. The first kappa shape index (κ1) is 26.8. The van der Waals surface area contributed by atoms with Crippen LogP contribution < -0.4 is 29.5 Å². The molecule has 1 unspecified atom stereocenters. The molecule has 8 heteroatoms. The molecular formula is C21H29LiO4P2S. The average Bonchev–Trinajstić information content (AvgIpc) is 2.66. The molecule has 154 valence electrons. The van der Waals surface area contributed by atoms with Crippen LogP contribution in [-0.2, 0) is 14.6 Å². The van der Waals surface area contributed by atoms with E-state index in [9.17, 15) is 13.0 Å². The maximum atomic E-state index is 10.6. The summed E-state index contributed by atoms with van der Waals surface area (Å²) in [6.45, 7) is 3.83. The van der Waals surface area contributed by atoms with Crippen LogP contribution in [0.3, 0.4) is 0 Å². The summed E-state index contributed by atoms with van der Waals surface area (Å²) < 4.78 is 36.3. The number of benzene rings is 2. The molecule has 0 aliphatic rings. The maximum absolute atomic E-state index is 10.6. The third-order valence-electron chi connectivity index (χ3n) is 4.48. The second-order valence-electron chi connectivity index (χ2n) is 6.92. The third-order valence-corrected chi connectivity index (χ3v) is 9.27. The van der Waals surface area contributed by atoms with Crippen molar-refractivity contribution in [3.05, 3.63) is 60.7 Å². The normalized spacial score (nSPS) is 14.1. The predicted molar refractivity (Wildman–Crippen MR) is 121 cm³/mol. The second kappa shape index (κ2) is 13.9. The number of rotatable bonds is 12. The Morgan fingerprint density at radius 2 is 1.48 bits per heavy atom. The summed E-state index contributed by atoms with van der Waals surface area (Å²) in [6, 6.07) is 21.5. The van der Waals surface area contributed by atoms with Gasteiger partial charge in [-0.15, -0.1) is 8.58 Å². The van der Waals surface area contributed by atoms with E-state index < -0.39 is 16.5 Å². The van der Waals surface area contributed by atoms with Crippen molar-refractivity contribution in [2.45, 2.75) is 44.9 Å². The Bertz CT molecular complexity index is 751. The van der Waals surface area contributed by atoms with Crippen molar-refractivity contribution in [2.75, 3.05) is 12.3 Å². The zero-order valence-electron chi connectivity index (χ0n) is 17.5. The van der Waals surface area contributed by atoms with E-state index in [1.165, 1.54) is 29.4 Å². The maximum Gasteiger partial charge on any atom is 1.00 e. The van der Waals surface area contributed by atoms with Gasteiger partial charge in [0, 0.05) is 0 Å². The van der Waals surface area contributed by atoms with E-state index in [2.05, 4.69) is 71.8 Å². The molecule has 0 aromatic heterocycles. The molecule has 2 aromatic rings. The Hall–Kier alpha value is -0.233. The van der Waals surface area contributed by atoms with Crippen LogP contribution in [-0.4, -0.2) is 37.1 Å². The van der Waals surface area contributed by atoms with Crippen molar-refractivity contribution in [1.82, 2.24) is 0 Å². The third kappa shape index (κ3) is 11.1. The fraction of sp³-hybridized carbons (Fsp3) is 0.429. The van der Waals surface area contributed by atoms with Crippen molar-refractivity contribution in [1.29, 1.82) is 0 Å². The van der Waals surface area contributed by atoms with Crippen LogP contribution in [0.2, 0.25) is 0 Å². The number of hydrogen-bond donors (Lipinski definition) is 0. The Labute approximate surface area is 190 Å². The van der Waals surface area contributed by atoms with Crippen LogP contribution in [0.1, 0.15) is 33.1 Å². The molecule has 0 heterocycles. The molecule has 2 aromatic carbocycles. The van der Waals surface area contributed by atoms with Gasteiger partial charge in [-0.05, 0) is 62.7 Å². The molecule has 0 saturated heterocycles. The average molecular weight is 446 g/mol. The van der Waals surface area contributed by atoms with Gasteiger partial charge in [0.05, 0.1) is 6.10 Å². The summed E-state index contributed by atoms with van der Waals surface area (Å²) in [6.07, 6.45) is 4.46. The molecule has 0 aliphatic heterocycles. The van der Waals surface area contributed by atoms with Gasteiger partial charge >= 0.3 is 18.9 Å². The van der Waals surface area contributed by atoms with Crippen LogP contribution in [0.5, 0.6) is 0 Å². The smallest absolute Gasteiger partial charge is 0.726 e. The van der Waals surface area contributed by atoms with Gasteiger partial charge in [-0.1, -0.05) is 67.6 Å². The van der Waals surface area contributed by atoms with Crippen LogP contribution in [0.4, 0.5) is 0 Å². The molecule has 0 fully saturated rings. The van der Waals surface area contributed by atoms with Crippen molar-refractivity contribution < 1.29 is 36.0 Å². The second-order valence-corrected chi connectivity index (χ2v) is 12.2. The molecular weight excluding hydrogens is 417 g/mol. The molecule has 0 spiro atoms. The van der Waals surface area contributed by atoms with E-state index in [4.69, 9.17) is 0 Å². The summed E-state index contributed by atoms with van der Waals surface area (Å²) in [7, 11) is -4.10. The van der Waals surface area contributed by atoms with Gasteiger partial charge in [-0.3, -0.25) is 4.18 Å². The van der Waals surface area contributed by atoms with Crippen LogP contribution in [0, 0.1) is 0 Å². The summed E-state index contributed by atoms with van der Waals surface area (Å²) in [5.74, 6) is 0. The van der Waals surface area contributed by atoms with Gasteiger partial charge in [0.25, 0.3) is 0 Å². The van der Waals surface area contributed by atoms with E-state index in [1.54, 1.807) is 6.92 Å². The molecule has 4 nitrogen and oxygen atoms in total. The molecule has 29 heavy (non-hydrogen) atoms. The molecule has 0 amide bonds. The summed E-state index contributed by atoms with van der Waals surface area (Å²) in [4.78, 5) is 0. The molecule has 0 aliphatic carbocycles. The standard InChI is InChI=1S/C21H30O4P2S.Li/c1-18(25-28(22,23)24)14-15-19(2)26-16-9-17-27(20-10-5-3-6-11-20)21-12-7-4-8-13-21;/h3-8,10-13,18-19,26H,9,14-17H2,1-2H3,(H,22,23,24);/q;+1/p-1/t18-,19+;/m0./s1. The molecule has 0 N–H and O–H groups in total. The Kier molecular flexibility index (Phi) is 12.9. The Morgan fingerprint density at radius 3 is 1.97 bits per heavy atom. The monoisotopic (exact) mass is 446 g/mol. The van der Waals surface area contributed by atoms with Gasteiger partial charge in [-0.2, -0.15) is 0 Å². The summed E-state index contributed by atoms with van der Waals surface area (Å²) in [5.41, 5.74) is 0.514. The first-order valence-corrected chi connectivity index (χ1v) is 13.7. The van der Waals surface area contributed by atoms with Crippen molar-refractivity contribution in [3.63, 3.8) is 0 Å². The van der Waals surface area contributed by atoms with E-state index in [0.717, 1.165) is 15.0 Å². The SMILES string of the molecule is C[C@H](CC[C@H](C)OS(=O)(=O)[O-])PCCCP(c1ccccc1)c1ccccc1.[Li+]. The first-order chi connectivity index (χ1) is 13.3. The minimum atomic E-state index is -4.60. The fourth-order valence-electron chi connectivity index (χ4n) is 3.04. The largest absolute Gasteiger partial charge is 1.00 e. The van der Waals surface area contributed by atoms with Crippen molar-refractivity contribution >= 4 is 37.5 Å². The van der Waals surface area contributed by atoms with Crippen molar-refractivity contribution in [3.8, 4) is 0 Å². The Morgan fingerprint density at radius 1 is 0.966 bits per heavy atom. The van der Waals surface area contributed by atoms with E-state index in [0.29, 0.717) is 12.1 Å². The Balaban J connectivity index is 0.00000420. The zero-order chi connectivity index (χ0) is 20.4. The van der Waals surface area contributed by atoms with Crippen LogP contribution in [0.25, 0.3) is 0 Å². The van der Waals surface area contributed by atoms with Gasteiger partial charge in [0.15, 0.2) is 0 Å².